The Morgan fingerprint density at radius 3 is 2.53 bits per heavy atom. The van der Waals surface area contributed by atoms with Crippen LogP contribution in [0.1, 0.15) is 11.7 Å². The van der Waals surface area contributed by atoms with Crippen molar-refractivity contribution in [1.29, 1.82) is 0 Å². The molecule has 0 aliphatic heterocycles. The number of hydrogen-bond donors (Lipinski definition) is 2. The molecule has 3 N–H and O–H groups in total. The first-order chi connectivity index (χ1) is 9.13. The molecule has 0 saturated heterocycles. The minimum Gasteiger partial charge on any atom is -0.493 e. The van der Waals surface area contributed by atoms with Crippen molar-refractivity contribution in [3.8, 4) is 11.5 Å². The zero-order valence-electron chi connectivity index (χ0n) is 11.1. The fraction of sp³-hybridized carbons (Fsp3) is 0.333. The van der Waals surface area contributed by atoms with Crippen LogP contribution >= 0.6 is 0 Å². The number of aromatic nitrogens is 2. The van der Waals surface area contributed by atoms with Crippen LogP contribution in [0.4, 0.5) is 11.4 Å². The highest BCUT2D eigenvalue weighted by Gasteiger charge is 2.10. The number of nitrogens with two attached hydrogens (primary N) is 1. The predicted molar refractivity (Wildman–Crippen MR) is 70.3 cm³/mol. The summed E-state index contributed by atoms with van der Waals surface area (Å²) in [6.45, 7) is 2.15. The lowest BCUT2D eigenvalue weighted by atomic mass is 10.2. The molecule has 0 aliphatic carbocycles. The van der Waals surface area contributed by atoms with Crippen LogP contribution in [-0.4, -0.2) is 24.4 Å². The Hall–Kier alpha value is -2.44. The predicted octanol–water partition coefficient (Wildman–Crippen LogP) is 1.59. The summed E-state index contributed by atoms with van der Waals surface area (Å²) in [7, 11) is 3.13. The van der Waals surface area contributed by atoms with Crippen molar-refractivity contribution in [3.63, 3.8) is 0 Å². The third-order valence-corrected chi connectivity index (χ3v) is 2.56. The fourth-order valence-corrected chi connectivity index (χ4v) is 1.63. The maximum absolute atomic E-state index is 5.93. The molecule has 0 unspecified atom stereocenters. The van der Waals surface area contributed by atoms with E-state index in [4.69, 9.17) is 19.7 Å². The Labute approximate surface area is 110 Å². The topological polar surface area (TPSA) is 95.4 Å². The van der Waals surface area contributed by atoms with E-state index in [1.807, 2.05) is 0 Å². The van der Waals surface area contributed by atoms with Crippen LogP contribution in [0.25, 0.3) is 0 Å². The third kappa shape index (κ3) is 2.87. The van der Waals surface area contributed by atoms with E-state index in [1.165, 1.54) is 0 Å². The lowest BCUT2D eigenvalue weighted by Crippen LogP contribution is -2.04. The minimum atomic E-state index is 0.389. The number of nitrogen functional groups attached to an aromatic ring is 1. The highest BCUT2D eigenvalue weighted by atomic mass is 16.5. The average Bonchev–Trinajstić information content (AvgIpc) is 2.82. The molecule has 0 atom stereocenters. The summed E-state index contributed by atoms with van der Waals surface area (Å²) in [4.78, 5) is 4.09. The molecule has 0 radical (unpaired) electrons. The van der Waals surface area contributed by atoms with Gasteiger partial charge >= 0.3 is 0 Å². The van der Waals surface area contributed by atoms with E-state index in [-0.39, 0.29) is 0 Å². The van der Waals surface area contributed by atoms with Crippen molar-refractivity contribution in [1.82, 2.24) is 10.1 Å². The van der Waals surface area contributed by atoms with Crippen molar-refractivity contribution >= 4 is 11.4 Å². The van der Waals surface area contributed by atoms with E-state index < -0.39 is 0 Å². The van der Waals surface area contributed by atoms with Crippen LogP contribution in [0.15, 0.2) is 16.7 Å². The van der Waals surface area contributed by atoms with Crippen molar-refractivity contribution in [2.45, 2.75) is 13.5 Å². The SMILES string of the molecule is COc1cc(N)c(NCc2nc(C)no2)cc1OC. The number of nitrogens with one attached hydrogen (secondary N) is 1. The second-order valence-corrected chi connectivity index (χ2v) is 3.88. The molecule has 0 amide bonds. The summed E-state index contributed by atoms with van der Waals surface area (Å²) >= 11 is 0. The van der Waals surface area contributed by atoms with Gasteiger partial charge < -0.3 is 25.0 Å². The van der Waals surface area contributed by atoms with Gasteiger partial charge in [-0.3, -0.25) is 0 Å². The summed E-state index contributed by atoms with van der Waals surface area (Å²) < 4.78 is 15.4. The van der Waals surface area contributed by atoms with E-state index in [9.17, 15) is 0 Å². The van der Waals surface area contributed by atoms with E-state index in [0.29, 0.717) is 41.1 Å². The number of rotatable bonds is 5. The van der Waals surface area contributed by atoms with Gasteiger partial charge in [-0.2, -0.15) is 4.98 Å². The Kier molecular flexibility index (Phi) is 3.74. The summed E-state index contributed by atoms with van der Waals surface area (Å²) in [6.07, 6.45) is 0. The Morgan fingerprint density at radius 2 is 1.95 bits per heavy atom. The molecule has 0 bridgehead atoms. The Morgan fingerprint density at radius 1 is 1.26 bits per heavy atom. The second-order valence-electron chi connectivity index (χ2n) is 3.88. The first-order valence-corrected chi connectivity index (χ1v) is 5.68. The van der Waals surface area contributed by atoms with Gasteiger partial charge in [0.15, 0.2) is 17.3 Å². The van der Waals surface area contributed by atoms with Gasteiger partial charge in [0, 0.05) is 12.1 Å². The van der Waals surface area contributed by atoms with Gasteiger partial charge in [-0.15, -0.1) is 0 Å². The molecule has 7 nitrogen and oxygen atoms in total. The highest BCUT2D eigenvalue weighted by Crippen LogP contribution is 2.34. The summed E-state index contributed by atoms with van der Waals surface area (Å²) in [5.74, 6) is 2.27. The molecular formula is C12H16N4O3. The molecule has 19 heavy (non-hydrogen) atoms. The maximum atomic E-state index is 5.93. The van der Waals surface area contributed by atoms with Crippen LogP contribution in [0.3, 0.4) is 0 Å². The quantitative estimate of drug-likeness (QED) is 0.791. The van der Waals surface area contributed by atoms with Crippen molar-refractivity contribution in [2.24, 2.45) is 0 Å². The molecule has 0 fully saturated rings. The lowest BCUT2D eigenvalue weighted by molar-refractivity contribution is 0.355. The minimum absolute atomic E-state index is 0.389. The van der Waals surface area contributed by atoms with Crippen molar-refractivity contribution < 1.29 is 14.0 Å². The van der Waals surface area contributed by atoms with Crippen molar-refractivity contribution in [3.05, 3.63) is 23.8 Å². The van der Waals surface area contributed by atoms with Gasteiger partial charge in [-0.25, -0.2) is 0 Å². The van der Waals surface area contributed by atoms with Gasteiger partial charge in [-0.1, -0.05) is 5.16 Å². The third-order valence-electron chi connectivity index (χ3n) is 2.56. The maximum Gasteiger partial charge on any atom is 0.245 e. The number of benzene rings is 1. The fourth-order valence-electron chi connectivity index (χ4n) is 1.63. The number of anilines is 2. The van der Waals surface area contributed by atoms with Crippen LogP contribution in [0.2, 0.25) is 0 Å². The highest BCUT2D eigenvalue weighted by molar-refractivity contribution is 5.71. The van der Waals surface area contributed by atoms with Crippen LogP contribution in [-0.2, 0) is 6.54 Å². The molecule has 0 aliphatic rings. The molecule has 1 heterocycles. The summed E-state index contributed by atoms with van der Waals surface area (Å²) in [5, 5.41) is 6.82. The average molecular weight is 264 g/mol. The molecule has 0 saturated carbocycles. The Balaban J connectivity index is 2.15. The first-order valence-electron chi connectivity index (χ1n) is 5.68. The molecule has 0 spiro atoms. The van der Waals surface area contributed by atoms with Gasteiger partial charge in [0.2, 0.25) is 5.89 Å². The van der Waals surface area contributed by atoms with Gasteiger partial charge in [0.05, 0.1) is 32.1 Å². The molecular weight excluding hydrogens is 248 g/mol. The Bertz CT molecular complexity index is 568. The monoisotopic (exact) mass is 264 g/mol. The first kappa shape index (κ1) is 13.0. The van der Waals surface area contributed by atoms with Crippen LogP contribution in [0.5, 0.6) is 11.5 Å². The lowest BCUT2D eigenvalue weighted by Gasteiger charge is -2.13. The van der Waals surface area contributed by atoms with Crippen molar-refractivity contribution in [2.75, 3.05) is 25.3 Å². The van der Waals surface area contributed by atoms with E-state index >= 15 is 0 Å². The normalized spacial score (nSPS) is 10.3. The summed E-state index contributed by atoms with van der Waals surface area (Å²) in [6, 6.07) is 3.46. The molecule has 1 aromatic heterocycles. The summed E-state index contributed by atoms with van der Waals surface area (Å²) in [5.41, 5.74) is 7.19. The zero-order chi connectivity index (χ0) is 13.8. The number of ether oxygens (including phenoxy) is 2. The largest absolute Gasteiger partial charge is 0.493 e. The number of methoxy groups -OCH3 is 2. The van der Waals surface area contributed by atoms with Gasteiger partial charge in [0.1, 0.15) is 0 Å². The zero-order valence-corrected chi connectivity index (χ0v) is 11.1. The molecule has 2 aromatic rings. The number of hydrogen-bond acceptors (Lipinski definition) is 7. The molecule has 2 rings (SSSR count). The van der Waals surface area contributed by atoms with E-state index in [2.05, 4.69) is 15.5 Å². The van der Waals surface area contributed by atoms with Gasteiger partial charge in [-0.05, 0) is 6.92 Å². The van der Waals surface area contributed by atoms with Crippen LogP contribution in [0, 0.1) is 6.92 Å². The molecule has 102 valence electrons. The van der Waals surface area contributed by atoms with Gasteiger partial charge in [0.25, 0.3) is 0 Å². The number of aryl methyl sites for hydroxylation is 1. The molecule has 1 aromatic carbocycles. The number of nitrogens with zero attached hydrogens (tertiary/aromatic N) is 2. The molecule has 7 heteroatoms. The standard InChI is InChI=1S/C12H16N4O3/c1-7-15-12(19-16-7)6-14-9-5-11(18-3)10(17-2)4-8(9)13/h4-5,14H,6,13H2,1-3H3. The van der Waals surface area contributed by atoms with E-state index in [0.717, 1.165) is 0 Å². The van der Waals surface area contributed by atoms with E-state index in [1.54, 1.807) is 33.3 Å². The van der Waals surface area contributed by atoms with Crippen LogP contribution < -0.4 is 20.5 Å². The smallest absolute Gasteiger partial charge is 0.245 e. The second kappa shape index (κ2) is 5.47.